The minimum absolute atomic E-state index is 0.196. The van der Waals surface area contributed by atoms with Crippen LogP contribution in [0.3, 0.4) is 0 Å². The first-order valence-corrected chi connectivity index (χ1v) is 7.10. The van der Waals surface area contributed by atoms with Crippen LogP contribution in [-0.2, 0) is 11.2 Å². The molecule has 94 valence electrons. The molecule has 1 aromatic rings. The molecule has 2 heterocycles. The summed E-state index contributed by atoms with van der Waals surface area (Å²) in [7, 11) is 0. The normalized spacial score (nSPS) is 24.5. The number of nitrogens with one attached hydrogen (secondary N) is 2. The summed E-state index contributed by atoms with van der Waals surface area (Å²) < 4.78 is 0. The molecule has 1 aliphatic rings. The lowest BCUT2D eigenvalue weighted by atomic mass is 9.82. The third-order valence-electron chi connectivity index (χ3n) is 3.38. The molecular formula is C13H20N2OS. The van der Waals surface area contributed by atoms with Gasteiger partial charge in [0.05, 0.1) is 5.41 Å². The van der Waals surface area contributed by atoms with Crippen molar-refractivity contribution in [1.29, 1.82) is 0 Å². The highest BCUT2D eigenvalue weighted by Gasteiger charge is 2.34. The minimum atomic E-state index is -0.215. The average molecular weight is 252 g/mol. The number of amides is 1. The second-order valence-electron chi connectivity index (χ2n) is 4.93. The van der Waals surface area contributed by atoms with Crippen molar-refractivity contribution >= 4 is 17.2 Å². The molecule has 1 aliphatic heterocycles. The number of hydrogen-bond acceptors (Lipinski definition) is 3. The summed E-state index contributed by atoms with van der Waals surface area (Å²) in [6.45, 7) is 4.64. The molecule has 0 bridgehead atoms. The maximum absolute atomic E-state index is 12.1. The highest BCUT2D eigenvalue weighted by molar-refractivity contribution is 7.09. The molecule has 1 aromatic heterocycles. The Balaban J connectivity index is 1.76. The molecule has 1 amide bonds. The van der Waals surface area contributed by atoms with Gasteiger partial charge in [-0.05, 0) is 44.2 Å². The molecule has 0 aromatic carbocycles. The van der Waals surface area contributed by atoms with E-state index in [-0.39, 0.29) is 11.3 Å². The summed E-state index contributed by atoms with van der Waals surface area (Å²) in [4.78, 5) is 13.4. The monoisotopic (exact) mass is 252 g/mol. The quantitative estimate of drug-likeness (QED) is 0.858. The van der Waals surface area contributed by atoms with Gasteiger partial charge in [-0.2, -0.15) is 0 Å². The molecule has 0 aliphatic carbocycles. The van der Waals surface area contributed by atoms with Crippen LogP contribution in [0.25, 0.3) is 0 Å². The van der Waals surface area contributed by atoms with E-state index >= 15 is 0 Å². The van der Waals surface area contributed by atoms with E-state index in [0.29, 0.717) is 0 Å². The molecule has 2 rings (SSSR count). The zero-order valence-electron chi connectivity index (χ0n) is 10.3. The Labute approximate surface area is 107 Å². The van der Waals surface area contributed by atoms with Gasteiger partial charge in [-0.15, -0.1) is 11.3 Å². The van der Waals surface area contributed by atoms with Gasteiger partial charge in [0.2, 0.25) is 5.91 Å². The van der Waals surface area contributed by atoms with E-state index in [0.717, 1.165) is 38.9 Å². The fourth-order valence-corrected chi connectivity index (χ4v) is 2.93. The van der Waals surface area contributed by atoms with Crippen LogP contribution in [0.5, 0.6) is 0 Å². The van der Waals surface area contributed by atoms with Crippen LogP contribution in [-0.4, -0.2) is 25.5 Å². The molecule has 1 saturated heterocycles. The summed E-state index contributed by atoms with van der Waals surface area (Å²) in [5.41, 5.74) is -0.215. The van der Waals surface area contributed by atoms with Crippen LogP contribution in [0.2, 0.25) is 0 Å². The molecule has 1 atom stereocenters. The van der Waals surface area contributed by atoms with Gasteiger partial charge in [-0.3, -0.25) is 4.79 Å². The van der Waals surface area contributed by atoms with Gasteiger partial charge in [-0.25, -0.2) is 0 Å². The Morgan fingerprint density at radius 1 is 1.65 bits per heavy atom. The van der Waals surface area contributed by atoms with Crippen LogP contribution in [0.4, 0.5) is 0 Å². The van der Waals surface area contributed by atoms with Crippen LogP contribution in [0.15, 0.2) is 17.5 Å². The second-order valence-corrected chi connectivity index (χ2v) is 5.96. The largest absolute Gasteiger partial charge is 0.355 e. The van der Waals surface area contributed by atoms with E-state index in [1.54, 1.807) is 11.3 Å². The summed E-state index contributed by atoms with van der Waals surface area (Å²) in [5.74, 6) is 0.196. The number of hydrogen-bond donors (Lipinski definition) is 2. The van der Waals surface area contributed by atoms with E-state index in [1.807, 2.05) is 6.07 Å². The Morgan fingerprint density at radius 2 is 2.53 bits per heavy atom. The zero-order chi connectivity index (χ0) is 12.1. The van der Waals surface area contributed by atoms with Crippen molar-refractivity contribution in [2.75, 3.05) is 19.6 Å². The summed E-state index contributed by atoms with van der Waals surface area (Å²) in [6, 6.07) is 4.16. The Bertz CT molecular complexity index is 356. The van der Waals surface area contributed by atoms with E-state index in [2.05, 4.69) is 29.0 Å². The lowest BCUT2D eigenvalue weighted by Crippen LogP contribution is -2.49. The fourth-order valence-electron chi connectivity index (χ4n) is 2.22. The van der Waals surface area contributed by atoms with Gasteiger partial charge in [0, 0.05) is 18.0 Å². The average Bonchev–Trinajstić information content (AvgIpc) is 2.83. The van der Waals surface area contributed by atoms with E-state index < -0.39 is 0 Å². The molecule has 1 fully saturated rings. The van der Waals surface area contributed by atoms with E-state index in [9.17, 15) is 4.79 Å². The smallest absolute Gasteiger partial charge is 0.227 e. The van der Waals surface area contributed by atoms with Gasteiger partial charge in [0.25, 0.3) is 0 Å². The van der Waals surface area contributed by atoms with Gasteiger partial charge >= 0.3 is 0 Å². The number of thiophene rings is 1. The first kappa shape index (κ1) is 12.6. The molecule has 0 spiro atoms. The zero-order valence-corrected chi connectivity index (χ0v) is 11.1. The third kappa shape index (κ3) is 3.30. The van der Waals surface area contributed by atoms with Gasteiger partial charge in [-0.1, -0.05) is 6.07 Å². The molecule has 2 N–H and O–H groups in total. The fraction of sp³-hybridized carbons (Fsp3) is 0.615. The predicted molar refractivity (Wildman–Crippen MR) is 71.2 cm³/mol. The number of rotatable bonds is 4. The summed E-state index contributed by atoms with van der Waals surface area (Å²) in [5, 5.41) is 8.43. The first-order chi connectivity index (χ1) is 8.21. The Morgan fingerprint density at radius 3 is 3.18 bits per heavy atom. The van der Waals surface area contributed by atoms with Crippen molar-refractivity contribution in [2.24, 2.45) is 5.41 Å². The minimum Gasteiger partial charge on any atom is -0.355 e. The molecule has 3 nitrogen and oxygen atoms in total. The third-order valence-corrected chi connectivity index (χ3v) is 4.32. The number of carbonyl (C=O) groups excluding carboxylic acids is 1. The van der Waals surface area contributed by atoms with Crippen molar-refractivity contribution in [3.63, 3.8) is 0 Å². The second kappa shape index (κ2) is 5.65. The maximum atomic E-state index is 12.1. The van der Waals surface area contributed by atoms with Crippen LogP contribution < -0.4 is 10.6 Å². The summed E-state index contributed by atoms with van der Waals surface area (Å²) >= 11 is 1.75. The molecule has 4 heteroatoms. The standard InChI is InChI=1S/C13H20N2OS/c1-13(6-3-7-14-10-13)12(16)15-8-5-11-4-2-9-17-11/h2,4,9,14H,3,5-8,10H2,1H3,(H,15,16). The SMILES string of the molecule is CC1(C(=O)NCCc2cccs2)CCCNC1. The molecular weight excluding hydrogens is 232 g/mol. The molecule has 1 unspecified atom stereocenters. The van der Waals surface area contributed by atoms with Crippen LogP contribution in [0.1, 0.15) is 24.6 Å². The molecule has 0 radical (unpaired) electrons. The van der Waals surface area contributed by atoms with Crippen molar-refractivity contribution in [2.45, 2.75) is 26.2 Å². The van der Waals surface area contributed by atoms with Crippen LogP contribution in [0, 0.1) is 5.41 Å². The highest BCUT2D eigenvalue weighted by Crippen LogP contribution is 2.25. The molecule has 0 saturated carbocycles. The number of carbonyl (C=O) groups is 1. The lowest BCUT2D eigenvalue weighted by molar-refractivity contribution is -0.131. The first-order valence-electron chi connectivity index (χ1n) is 6.22. The van der Waals surface area contributed by atoms with Gasteiger partial charge in [0.1, 0.15) is 0 Å². The van der Waals surface area contributed by atoms with Crippen LogP contribution >= 0.6 is 11.3 Å². The van der Waals surface area contributed by atoms with Gasteiger partial charge in [0.15, 0.2) is 0 Å². The topological polar surface area (TPSA) is 41.1 Å². The summed E-state index contributed by atoms with van der Waals surface area (Å²) in [6.07, 6.45) is 3.02. The van der Waals surface area contributed by atoms with Crippen molar-refractivity contribution in [1.82, 2.24) is 10.6 Å². The van der Waals surface area contributed by atoms with E-state index in [4.69, 9.17) is 0 Å². The predicted octanol–water partition coefficient (Wildman–Crippen LogP) is 1.80. The lowest BCUT2D eigenvalue weighted by Gasteiger charge is -2.32. The Hall–Kier alpha value is -0.870. The van der Waals surface area contributed by atoms with E-state index in [1.165, 1.54) is 4.88 Å². The molecule has 17 heavy (non-hydrogen) atoms. The maximum Gasteiger partial charge on any atom is 0.227 e. The van der Waals surface area contributed by atoms with Crippen molar-refractivity contribution in [3.05, 3.63) is 22.4 Å². The highest BCUT2D eigenvalue weighted by atomic mass is 32.1. The van der Waals surface area contributed by atoms with Crippen molar-refractivity contribution in [3.8, 4) is 0 Å². The van der Waals surface area contributed by atoms with Crippen molar-refractivity contribution < 1.29 is 4.79 Å². The Kier molecular flexibility index (Phi) is 4.18. The van der Waals surface area contributed by atoms with Gasteiger partial charge < -0.3 is 10.6 Å². The number of piperidine rings is 1.